The minimum atomic E-state index is -1.38. The molecule has 0 saturated heterocycles. The maximum Gasteiger partial charge on any atom is 0.123 e. The normalized spacial score (nSPS) is 14.9. The Hall–Kier alpha value is -4.15. The summed E-state index contributed by atoms with van der Waals surface area (Å²) >= 11 is 6.65. The van der Waals surface area contributed by atoms with E-state index in [0.717, 1.165) is 12.8 Å². The smallest absolute Gasteiger partial charge is 0.123 e. The van der Waals surface area contributed by atoms with Crippen LogP contribution in [0.15, 0.2) is 48.8 Å². The molecule has 2 aromatic heterocycles. The van der Waals surface area contributed by atoms with Crippen molar-refractivity contribution in [3.8, 4) is 12.1 Å². The first-order valence-corrected chi connectivity index (χ1v) is 12.4. The molecular formula is C27H23BClFN8. The van der Waals surface area contributed by atoms with Gasteiger partial charge in [0.1, 0.15) is 25.4 Å². The molecule has 1 atom stereocenters. The topological polar surface area (TPSA) is 115 Å². The summed E-state index contributed by atoms with van der Waals surface area (Å²) in [6.07, 6.45) is 5.29. The lowest BCUT2D eigenvalue weighted by Gasteiger charge is -2.32. The SMILES string of the molecule is [B]C(Nc1cc(Cl)c2ncc(C#N)c(NCC(C)(C)C#N)c2c1)(c1ccc(F)cc1)c1cn(C2CC2)nn1. The Balaban J connectivity index is 1.61. The molecule has 2 heterocycles. The lowest BCUT2D eigenvalue weighted by Crippen LogP contribution is -2.37. The van der Waals surface area contributed by atoms with Crippen molar-refractivity contribution in [3.05, 3.63) is 76.5 Å². The summed E-state index contributed by atoms with van der Waals surface area (Å²) in [5, 5.41) is 35.3. The highest BCUT2D eigenvalue weighted by molar-refractivity contribution is 6.36. The molecule has 188 valence electrons. The molecular weight excluding hydrogens is 502 g/mol. The average Bonchev–Trinajstić information content (AvgIpc) is 3.63. The Morgan fingerprint density at radius 3 is 2.61 bits per heavy atom. The number of nitrogens with zero attached hydrogens (tertiary/aromatic N) is 6. The lowest BCUT2D eigenvalue weighted by atomic mass is 9.69. The van der Waals surface area contributed by atoms with Gasteiger partial charge >= 0.3 is 0 Å². The second-order valence-corrected chi connectivity index (χ2v) is 10.5. The Morgan fingerprint density at radius 2 is 1.95 bits per heavy atom. The van der Waals surface area contributed by atoms with Crippen LogP contribution in [0, 0.1) is 33.9 Å². The summed E-state index contributed by atoms with van der Waals surface area (Å²) in [5.74, 6) is -0.391. The molecule has 0 aliphatic heterocycles. The molecule has 38 heavy (non-hydrogen) atoms. The first-order chi connectivity index (χ1) is 18.1. The third-order valence-electron chi connectivity index (χ3n) is 6.53. The van der Waals surface area contributed by atoms with E-state index in [4.69, 9.17) is 19.4 Å². The van der Waals surface area contributed by atoms with E-state index in [0.29, 0.717) is 56.7 Å². The van der Waals surface area contributed by atoms with E-state index in [1.807, 2.05) is 0 Å². The summed E-state index contributed by atoms with van der Waals surface area (Å²) in [7, 11) is 6.97. The molecule has 1 fully saturated rings. The molecule has 0 spiro atoms. The molecule has 5 rings (SSSR count). The van der Waals surface area contributed by atoms with Gasteiger partial charge in [-0.3, -0.25) is 4.98 Å². The van der Waals surface area contributed by atoms with Gasteiger partial charge in [0.15, 0.2) is 0 Å². The summed E-state index contributed by atoms with van der Waals surface area (Å²) < 4.78 is 15.6. The van der Waals surface area contributed by atoms with Gasteiger partial charge in [-0.15, -0.1) is 5.10 Å². The highest BCUT2D eigenvalue weighted by Gasteiger charge is 2.34. The molecule has 2 radical (unpaired) electrons. The molecule has 2 aromatic carbocycles. The van der Waals surface area contributed by atoms with E-state index < -0.39 is 16.7 Å². The number of nitriles is 2. The van der Waals surface area contributed by atoms with Crippen molar-refractivity contribution >= 4 is 41.7 Å². The number of rotatable bonds is 8. The molecule has 11 heteroatoms. The molecule has 2 N–H and O–H groups in total. The molecule has 8 nitrogen and oxygen atoms in total. The van der Waals surface area contributed by atoms with E-state index in [1.165, 1.54) is 18.3 Å². The van der Waals surface area contributed by atoms with E-state index in [1.54, 1.807) is 49.0 Å². The van der Waals surface area contributed by atoms with Gasteiger partial charge in [-0.2, -0.15) is 10.5 Å². The Labute approximate surface area is 225 Å². The molecule has 1 unspecified atom stereocenters. The maximum absolute atomic E-state index is 13.8. The van der Waals surface area contributed by atoms with Crippen molar-refractivity contribution in [2.45, 2.75) is 38.2 Å². The van der Waals surface area contributed by atoms with Crippen LogP contribution in [-0.4, -0.2) is 34.4 Å². The van der Waals surface area contributed by atoms with Gasteiger partial charge in [-0.05, 0) is 56.5 Å². The fourth-order valence-corrected chi connectivity index (χ4v) is 4.42. The zero-order valence-electron chi connectivity index (χ0n) is 20.8. The second kappa shape index (κ2) is 9.62. The number of nitrogens with one attached hydrogen (secondary N) is 2. The van der Waals surface area contributed by atoms with Crippen molar-refractivity contribution in [1.29, 1.82) is 10.5 Å². The van der Waals surface area contributed by atoms with E-state index in [9.17, 15) is 14.9 Å². The van der Waals surface area contributed by atoms with Gasteiger partial charge in [-0.1, -0.05) is 28.9 Å². The Bertz CT molecular complexity index is 1600. The number of anilines is 2. The zero-order valence-corrected chi connectivity index (χ0v) is 21.6. The molecule has 0 amide bonds. The van der Waals surface area contributed by atoms with Gasteiger partial charge in [0.2, 0.25) is 0 Å². The number of hydrogen-bond donors (Lipinski definition) is 2. The average molecular weight is 525 g/mol. The largest absolute Gasteiger partial charge is 0.382 e. The highest BCUT2D eigenvalue weighted by atomic mass is 35.5. The summed E-state index contributed by atoms with van der Waals surface area (Å²) in [4.78, 5) is 4.38. The number of halogens is 2. The second-order valence-electron chi connectivity index (χ2n) is 10.1. The van der Waals surface area contributed by atoms with Gasteiger partial charge in [0, 0.05) is 23.8 Å². The third kappa shape index (κ3) is 4.88. The van der Waals surface area contributed by atoms with Gasteiger partial charge in [0.05, 0.1) is 51.0 Å². The van der Waals surface area contributed by atoms with Crippen LogP contribution in [0.4, 0.5) is 15.8 Å². The van der Waals surface area contributed by atoms with Gasteiger partial charge in [0.25, 0.3) is 0 Å². The van der Waals surface area contributed by atoms with E-state index in [2.05, 4.69) is 38.1 Å². The number of fused-ring (bicyclic) bond motifs is 1. The van der Waals surface area contributed by atoms with E-state index in [-0.39, 0.29) is 0 Å². The summed E-state index contributed by atoms with van der Waals surface area (Å²) in [6.45, 7) is 3.90. The number of hydrogen-bond acceptors (Lipinski definition) is 7. The Morgan fingerprint density at radius 1 is 1.21 bits per heavy atom. The van der Waals surface area contributed by atoms with Crippen LogP contribution >= 0.6 is 11.6 Å². The van der Waals surface area contributed by atoms with E-state index >= 15 is 0 Å². The quantitative estimate of drug-likeness (QED) is 0.302. The van der Waals surface area contributed by atoms with Crippen LogP contribution in [0.3, 0.4) is 0 Å². The van der Waals surface area contributed by atoms with Crippen LogP contribution in [0.2, 0.25) is 5.02 Å². The first kappa shape index (κ1) is 25.5. The standard InChI is InChI=1S/C27H23BClFN8/c1-26(2,14-32)15-34-24-16(11-31)12-33-25-21(24)9-19(10-22(25)29)35-27(28,17-3-5-18(30)6-4-17)23-13-38(37-36-23)20-7-8-20/h3-6,9-10,12-13,20,35H,7-8,15H2,1-2H3,(H,33,34). The van der Waals surface area contributed by atoms with Crippen molar-refractivity contribution in [3.63, 3.8) is 0 Å². The van der Waals surface area contributed by atoms with Crippen molar-refractivity contribution in [1.82, 2.24) is 20.0 Å². The predicted octanol–water partition coefficient (Wildman–Crippen LogP) is 5.27. The van der Waals surface area contributed by atoms with Crippen molar-refractivity contribution in [2.75, 3.05) is 17.2 Å². The van der Waals surface area contributed by atoms with Crippen LogP contribution in [-0.2, 0) is 5.44 Å². The molecule has 4 aromatic rings. The molecule has 1 saturated carbocycles. The number of pyridine rings is 1. The zero-order chi connectivity index (χ0) is 27.1. The number of aromatic nitrogens is 4. The first-order valence-electron chi connectivity index (χ1n) is 12.1. The van der Waals surface area contributed by atoms with Crippen molar-refractivity contribution in [2.24, 2.45) is 5.41 Å². The fraction of sp³-hybridized carbons (Fsp3) is 0.296. The third-order valence-corrected chi connectivity index (χ3v) is 6.82. The minimum absolute atomic E-state index is 0.297. The fourth-order valence-electron chi connectivity index (χ4n) is 4.16. The number of benzene rings is 2. The predicted molar refractivity (Wildman–Crippen MR) is 144 cm³/mol. The van der Waals surface area contributed by atoms with Crippen molar-refractivity contribution < 1.29 is 4.39 Å². The molecule has 1 aliphatic rings. The highest BCUT2D eigenvalue weighted by Crippen LogP contribution is 2.38. The van der Waals surface area contributed by atoms with Crippen LogP contribution in [0.1, 0.15) is 49.6 Å². The molecule has 1 aliphatic carbocycles. The van der Waals surface area contributed by atoms with Gasteiger partial charge in [-0.25, -0.2) is 9.07 Å². The Kier molecular flexibility index (Phi) is 6.46. The lowest BCUT2D eigenvalue weighted by molar-refractivity contribution is 0.529. The van der Waals surface area contributed by atoms with Crippen LogP contribution in [0.25, 0.3) is 10.9 Å². The maximum atomic E-state index is 13.8. The van der Waals surface area contributed by atoms with Crippen LogP contribution in [0.5, 0.6) is 0 Å². The van der Waals surface area contributed by atoms with Crippen LogP contribution < -0.4 is 10.6 Å². The summed E-state index contributed by atoms with van der Waals surface area (Å²) in [5.41, 5.74) is 0.784. The van der Waals surface area contributed by atoms with Gasteiger partial charge < -0.3 is 10.6 Å². The monoisotopic (exact) mass is 524 g/mol. The molecule has 0 bridgehead atoms. The minimum Gasteiger partial charge on any atom is -0.382 e. The summed E-state index contributed by atoms with van der Waals surface area (Å²) in [6, 6.07) is 14.0.